The van der Waals surface area contributed by atoms with Crippen molar-refractivity contribution in [3.05, 3.63) is 45.9 Å². The van der Waals surface area contributed by atoms with Crippen LogP contribution in [0, 0.1) is 0 Å². The third-order valence-corrected chi connectivity index (χ3v) is 5.38. The molecule has 1 saturated heterocycles. The van der Waals surface area contributed by atoms with Crippen LogP contribution in [-0.2, 0) is 23.9 Å². The zero-order valence-corrected chi connectivity index (χ0v) is 19.7. The van der Waals surface area contributed by atoms with Crippen molar-refractivity contribution < 1.29 is 17.9 Å². The van der Waals surface area contributed by atoms with Crippen LogP contribution in [0.15, 0.2) is 34.6 Å². The van der Waals surface area contributed by atoms with Gasteiger partial charge in [-0.1, -0.05) is 12.1 Å². The smallest absolute Gasteiger partial charge is 0.378 e. The summed E-state index contributed by atoms with van der Waals surface area (Å²) in [5.41, 5.74) is 1.46. The topological polar surface area (TPSA) is 61.8 Å². The van der Waals surface area contributed by atoms with E-state index in [0.717, 1.165) is 48.6 Å². The molecule has 2 heterocycles. The third-order valence-electron chi connectivity index (χ3n) is 4.47. The Labute approximate surface area is 195 Å². The summed E-state index contributed by atoms with van der Waals surface area (Å²) in [5, 5.41) is 7.80. The molecular weight excluding hydrogens is 530 g/mol. The number of hydrogen-bond donors (Lipinski definition) is 2. The molecule has 0 saturated carbocycles. The maximum Gasteiger partial charge on any atom is 0.434 e. The number of anilines is 1. The van der Waals surface area contributed by atoms with Gasteiger partial charge in [0.25, 0.3) is 0 Å². The molecule has 0 atom stereocenters. The molecule has 1 aromatic heterocycles. The molecule has 1 aliphatic rings. The lowest BCUT2D eigenvalue weighted by atomic mass is 10.2. The number of aliphatic imine (C=N–C) groups is 1. The van der Waals surface area contributed by atoms with Gasteiger partial charge >= 0.3 is 6.18 Å². The lowest BCUT2D eigenvalue weighted by Crippen LogP contribution is -2.38. The zero-order valence-electron chi connectivity index (χ0n) is 16.5. The van der Waals surface area contributed by atoms with E-state index in [2.05, 4.69) is 49.8 Å². The predicted molar refractivity (Wildman–Crippen MR) is 124 cm³/mol. The van der Waals surface area contributed by atoms with Crippen LogP contribution in [-0.4, -0.2) is 50.8 Å². The highest BCUT2D eigenvalue weighted by Gasteiger charge is 2.33. The molecule has 1 aliphatic heterocycles. The van der Waals surface area contributed by atoms with Crippen molar-refractivity contribution >= 4 is 47.0 Å². The first-order valence-electron chi connectivity index (χ1n) is 9.33. The number of rotatable bonds is 6. The summed E-state index contributed by atoms with van der Waals surface area (Å²) in [5.74, 6) is 0.592. The number of halogens is 4. The number of ether oxygens (including phenoxy) is 1. The quantitative estimate of drug-likeness (QED) is 0.325. The summed E-state index contributed by atoms with van der Waals surface area (Å²) in [6.45, 7) is 4.35. The number of thiazole rings is 1. The van der Waals surface area contributed by atoms with E-state index in [0.29, 0.717) is 30.5 Å². The van der Waals surface area contributed by atoms with Crippen molar-refractivity contribution in [2.24, 2.45) is 4.99 Å². The third kappa shape index (κ3) is 7.27. The van der Waals surface area contributed by atoms with Crippen molar-refractivity contribution in [1.82, 2.24) is 15.6 Å². The molecule has 1 fully saturated rings. The van der Waals surface area contributed by atoms with Gasteiger partial charge in [-0.25, -0.2) is 4.98 Å². The van der Waals surface area contributed by atoms with Gasteiger partial charge in [-0.3, -0.25) is 4.99 Å². The van der Waals surface area contributed by atoms with E-state index < -0.39 is 11.9 Å². The molecule has 0 amide bonds. The molecule has 166 valence electrons. The summed E-state index contributed by atoms with van der Waals surface area (Å²) in [6.07, 6.45) is -3.99. The van der Waals surface area contributed by atoms with Gasteiger partial charge in [0.2, 0.25) is 0 Å². The number of alkyl halides is 3. The fourth-order valence-electron chi connectivity index (χ4n) is 2.90. The molecule has 6 nitrogen and oxygen atoms in total. The van der Waals surface area contributed by atoms with E-state index in [9.17, 15) is 13.2 Å². The standard InChI is InChI=1S/C19H24F3N5OS.HI/c1-23-18(24-7-6-17-26-16(13-29-17)19(20,21)22)25-12-14-2-4-15(5-3-14)27-8-10-28-11-9-27;/h2-5,13H,6-12H2,1H3,(H2,23,24,25);1H. The van der Waals surface area contributed by atoms with Crippen molar-refractivity contribution in [3.63, 3.8) is 0 Å². The van der Waals surface area contributed by atoms with Crippen molar-refractivity contribution in [2.75, 3.05) is 44.8 Å². The Kier molecular flexibility index (Phi) is 9.62. The van der Waals surface area contributed by atoms with Crippen molar-refractivity contribution in [3.8, 4) is 0 Å². The number of morpholine rings is 1. The number of benzene rings is 1. The highest BCUT2D eigenvalue weighted by atomic mass is 127. The second-order valence-electron chi connectivity index (χ2n) is 6.49. The van der Waals surface area contributed by atoms with E-state index >= 15 is 0 Å². The normalized spacial score (nSPS) is 14.9. The fourth-order valence-corrected chi connectivity index (χ4v) is 3.70. The molecule has 3 rings (SSSR count). The first-order chi connectivity index (χ1) is 14.0. The minimum absolute atomic E-state index is 0. The zero-order chi connectivity index (χ0) is 20.7. The highest BCUT2D eigenvalue weighted by Crippen LogP contribution is 2.30. The van der Waals surface area contributed by atoms with Gasteiger partial charge < -0.3 is 20.3 Å². The maximum atomic E-state index is 12.6. The van der Waals surface area contributed by atoms with E-state index in [1.165, 1.54) is 5.69 Å². The molecule has 0 radical (unpaired) electrons. The summed E-state index contributed by atoms with van der Waals surface area (Å²) in [7, 11) is 1.65. The number of nitrogens with one attached hydrogen (secondary N) is 2. The molecule has 2 aromatic rings. The Morgan fingerprint density at radius 3 is 2.50 bits per heavy atom. The molecule has 30 heavy (non-hydrogen) atoms. The van der Waals surface area contributed by atoms with Crippen LogP contribution in [0.1, 0.15) is 16.3 Å². The van der Waals surface area contributed by atoms with Crippen LogP contribution >= 0.6 is 35.3 Å². The van der Waals surface area contributed by atoms with Crippen LogP contribution in [0.25, 0.3) is 0 Å². The fraction of sp³-hybridized carbons (Fsp3) is 0.474. The average molecular weight is 555 g/mol. The SMILES string of the molecule is CN=C(NCCc1nc(C(F)(F)F)cs1)NCc1ccc(N2CCOCC2)cc1.I. The molecule has 11 heteroatoms. The molecule has 1 aromatic carbocycles. The summed E-state index contributed by atoms with van der Waals surface area (Å²) in [6, 6.07) is 8.33. The molecule has 0 aliphatic carbocycles. The monoisotopic (exact) mass is 555 g/mol. The second kappa shape index (κ2) is 11.7. The maximum absolute atomic E-state index is 12.6. The van der Waals surface area contributed by atoms with Crippen LogP contribution in [0.3, 0.4) is 0 Å². The Morgan fingerprint density at radius 1 is 1.20 bits per heavy atom. The summed E-state index contributed by atoms with van der Waals surface area (Å²) >= 11 is 1.02. The van der Waals surface area contributed by atoms with Gasteiger partial charge in [-0.15, -0.1) is 35.3 Å². The predicted octanol–water partition coefficient (Wildman–Crippen LogP) is 3.52. The van der Waals surface area contributed by atoms with Crippen LogP contribution in [0.5, 0.6) is 0 Å². The van der Waals surface area contributed by atoms with E-state index in [1.54, 1.807) is 7.05 Å². The van der Waals surface area contributed by atoms with Crippen LogP contribution in [0.4, 0.5) is 18.9 Å². The average Bonchev–Trinajstić information content (AvgIpc) is 3.21. The lowest BCUT2D eigenvalue weighted by molar-refractivity contribution is -0.140. The Hall–Kier alpha value is -1.60. The number of aromatic nitrogens is 1. The number of hydrogen-bond acceptors (Lipinski definition) is 5. The van der Waals surface area contributed by atoms with Gasteiger partial charge in [0, 0.05) is 50.7 Å². The molecule has 0 spiro atoms. The van der Waals surface area contributed by atoms with E-state index in [4.69, 9.17) is 4.74 Å². The number of nitrogens with zero attached hydrogens (tertiary/aromatic N) is 3. The Morgan fingerprint density at radius 2 is 1.90 bits per heavy atom. The summed E-state index contributed by atoms with van der Waals surface area (Å²) in [4.78, 5) is 10.1. The van der Waals surface area contributed by atoms with Gasteiger partial charge in [0.1, 0.15) is 0 Å². The van der Waals surface area contributed by atoms with Gasteiger partial charge in [0.15, 0.2) is 11.7 Å². The lowest BCUT2D eigenvalue weighted by Gasteiger charge is -2.28. The first-order valence-corrected chi connectivity index (χ1v) is 10.2. The minimum atomic E-state index is -4.39. The number of guanidine groups is 1. The van der Waals surface area contributed by atoms with Crippen LogP contribution in [0.2, 0.25) is 0 Å². The van der Waals surface area contributed by atoms with Gasteiger partial charge in [-0.05, 0) is 17.7 Å². The second-order valence-corrected chi connectivity index (χ2v) is 7.44. The highest BCUT2D eigenvalue weighted by molar-refractivity contribution is 14.0. The van der Waals surface area contributed by atoms with Gasteiger partial charge in [-0.2, -0.15) is 13.2 Å². The van der Waals surface area contributed by atoms with Crippen molar-refractivity contribution in [1.29, 1.82) is 0 Å². The van der Waals surface area contributed by atoms with Crippen molar-refractivity contribution in [2.45, 2.75) is 19.1 Å². The Bertz CT molecular complexity index is 807. The molecule has 0 unspecified atom stereocenters. The largest absolute Gasteiger partial charge is 0.434 e. The van der Waals surface area contributed by atoms with E-state index in [-0.39, 0.29) is 24.0 Å². The molecule has 0 bridgehead atoms. The van der Waals surface area contributed by atoms with E-state index in [1.807, 2.05) is 0 Å². The molecular formula is C19H25F3IN5OS. The Balaban J connectivity index is 0.00000320. The van der Waals surface area contributed by atoms with Gasteiger partial charge in [0.05, 0.1) is 18.2 Å². The molecule has 2 N–H and O–H groups in total. The van der Waals surface area contributed by atoms with Crippen LogP contribution < -0.4 is 15.5 Å². The summed E-state index contributed by atoms with van der Waals surface area (Å²) < 4.78 is 43.1. The minimum Gasteiger partial charge on any atom is -0.378 e. The first kappa shape index (κ1) is 24.7.